The zero-order valence-corrected chi connectivity index (χ0v) is 14.1. The number of rotatable bonds is 12. The van der Waals surface area contributed by atoms with Crippen LogP contribution in [0.1, 0.15) is 79.6 Å². The van der Waals surface area contributed by atoms with E-state index >= 15 is 0 Å². The average molecular weight is 271 g/mol. The lowest BCUT2D eigenvalue weighted by atomic mass is 10.0. The first-order valence-electron chi connectivity index (χ1n) is 8.32. The standard InChI is InChI=1S/C17H37NO/c1-6-8-12-16(7-2)15-19-14-11-9-10-13-18-17(3,4)5/h16,18H,6-15H2,1-5H3. The molecule has 2 heteroatoms. The second-order valence-corrected chi connectivity index (χ2v) is 6.73. The Morgan fingerprint density at radius 1 is 1.00 bits per heavy atom. The molecule has 116 valence electrons. The van der Waals surface area contributed by atoms with E-state index in [2.05, 4.69) is 39.9 Å². The van der Waals surface area contributed by atoms with Crippen LogP contribution in [0.4, 0.5) is 0 Å². The van der Waals surface area contributed by atoms with E-state index in [1.54, 1.807) is 0 Å². The largest absolute Gasteiger partial charge is 0.381 e. The van der Waals surface area contributed by atoms with Gasteiger partial charge in [-0.15, -0.1) is 0 Å². The van der Waals surface area contributed by atoms with Crippen LogP contribution in [0.2, 0.25) is 0 Å². The molecule has 0 aliphatic heterocycles. The molecule has 0 aromatic rings. The van der Waals surface area contributed by atoms with E-state index in [0.717, 1.165) is 25.7 Å². The van der Waals surface area contributed by atoms with Crippen molar-refractivity contribution in [3.8, 4) is 0 Å². The molecule has 0 aliphatic rings. The molecule has 0 saturated carbocycles. The van der Waals surface area contributed by atoms with Crippen molar-refractivity contribution in [1.82, 2.24) is 5.32 Å². The summed E-state index contributed by atoms with van der Waals surface area (Å²) < 4.78 is 5.81. The predicted molar refractivity (Wildman–Crippen MR) is 85.7 cm³/mol. The predicted octanol–water partition coefficient (Wildman–Crippen LogP) is 4.78. The Balaban J connectivity index is 3.30. The van der Waals surface area contributed by atoms with Gasteiger partial charge in [0.2, 0.25) is 0 Å². The molecule has 0 amide bonds. The molecular weight excluding hydrogens is 234 g/mol. The van der Waals surface area contributed by atoms with E-state index in [0.29, 0.717) is 0 Å². The Morgan fingerprint density at radius 3 is 2.32 bits per heavy atom. The molecule has 0 saturated heterocycles. The summed E-state index contributed by atoms with van der Waals surface area (Å²) in [5.41, 5.74) is 0.254. The number of unbranched alkanes of at least 4 members (excludes halogenated alkanes) is 3. The van der Waals surface area contributed by atoms with Crippen molar-refractivity contribution in [1.29, 1.82) is 0 Å². The van der Waals surface area contributed by atoms with Crippen molar-refractivity contribution in [2.24, 2.45) is 5.92 Å². The molecule has 19 heavy (non-hydrogen) atoms. The molecule has 1 atom stereocenters. The fourth-order valence-corrected chi connectivity index (χ4v) is 2.12. The highest BCUT2D eigenvalue weighted by molar-refractivity contribution is 4.69. The Morgan fingerprint density at radius 2 is 1.74 bits per heavy atom. The van der Waals surface area contributed by atoms with Gasteiger partial charge in [-0.3, -0.25) is 0 Å². The lowest BCUT2D eigenvalue weighted by Gasteiger charge is -2.20. The van der Waals surface area contributed by atoms with Gasteiger partial charge in [-0.2, -0.15) is 0 Å². The fraction of sp³-hybridized carbons (Fsp3) is 1.00. The minimum absolute atomic E-state index is 0.254. The molecule has 0 rings (SSSR count). The third kappa shape index (κ3) is 14.1. The number of nitrogens with one attached hydrogen (secondary N) is 1. The molecule has 1 unspecified atom stereocenters. The highest BCUT2D eigenvalue weighted by Gasteiger charge is 2.07. The highest BCUT2D eigenvalue weighted by atomic mass is 16.5. The first-order chi connectivity index (χ1) is 8.99. The normalized spacial score (nSPS) is 13.7. The van der Waals surface area contributed by atoms with Gasteiger partial charge >= 0.3 is 0 Å². The van der Waals surface area contributed by atoms with Crippen LogP contribution in [-0.4, -0.2) is 25.3 Å². The summed E-state index contributed by atoms with van der Waals surface area (Å²) in [6.07, 6.45) is 8.98. The lowest BCUT2D eigenvalue weighted by molar-refractivity contribution is 0.0908. The minimum Gasteiger partial charge on any atom is -0.381 e. The number of hydrogen-bond donors (Lipinski definition) is 1. The molecule has 0 fully saturated rings. The summed E-state index contributed by atoms with van der Waals surface area (Å²) in [7, 11) is 0. The monoisotopic (exact) mass is 271 g/mol. The van der Waals surface area contributed by atoms with Crippen LogP contribution in [0.25, 0.3) is 0 Å². The molecule has 0 radical (unpaired) electrons. The van der Waals surface area contributed by atoms with Gasteiger partial charge in [0.25, 0.3) is 0 Å². The van der Waals surface area contributed by atoms with Crippen molar-refractivity contribution in [2.45, 2.75) is 85.1 Å². The third-order valence-electron chi connectivity index (χ3n) is 3.52. The fourth-order valence-electron chi connectivity index (χ4n) is 2.12. The molecule has 0 spiro atoms. The molecule has 0 bridgehead atoms. The Labute approximate surface area is 121 Å². The first-order valence-corrected chi connectivity index (χ1v) is 8.32. The van der Waals surface area contributed by atoms with Gasteiger partial charge in [0, 0.05) is 18.8 Å². The summed E-state index contributed by atoms with van der Waals surface area (Å²) >= 11 is 0. The van der Waals surface area contributed by atoms with E-state index in [-0.39, 0.29) is 5.54 Å². The third-order valence-corrected chi connectivity index (χ3v) is 3.52. The van der Waals surface area contributed by atoms with Crippen LogP contribution < -0.4 is 5.32 Å². The van der Waals surface area contributed by atoms with Crippen molar-refractivity contribution >= 4 is 0 Å². The molecule has 0 heterocycles. The van der Waals surface area contributed by atoms with Crippen molar-refractivity contribution in [2.75, 3.05) is 19.8 Å². The van der Waals surface area contributed by atoms with E-state index < -0.39 is 0 Å². The van der Waals surface area contributed by atoms with Crippen LogP contribution in [-0.2, 0) is 4.74 Å². The zero-order valence-electron chi connectivity index (χ0n) is 14.1. The van der Waals surface area contributed by atoms with Gasteiger partial charge < -0.3 is 10.1 Å². The maximum absolute atomic E-state index is 5.81. The summed E-state index contributed by atoms with van der Waals surface area (Å²) in [4.78, 5) is 0. The summed E-state index contributed by atoms with van der Waals surface area (Å²) in [5, 5.41) is 3.52. The number of ether oxygens (including phenoxy) is 1. The van der Waals surface area contributed by atoms with Crippen LogP contribution in [0.15, 0.2) is 0 Å². The van der Waals surface area contributed by atoms with Gasteiger partial charge in [0.15, 0.2) is 0 Å². The Hall–Kier alpha value is -0.0800. The summed E-state index contributed by atoms with van der Waals surface area (Å²) in [6.45, 7) is 14.2. The minimum atomic E-state index is 0.254. The van der Waals surface area contributed by atoms with Crippen LogP contribution >= 0.6 is 0 Å². The second-order valence-electron chi connectivity index (χ2n) is 6.73. The van der Waals surface area contributed by atoms with Crippen LogP contribution in [0.5, 0.6) is 0 Å². The van der Waals surface area contributed by atoms with Gasteiger partial charge in [-0.05, 0) is 58.9 Å². The van der Waals surface area contributed by atoms with Gasteiger partial charge in [-0.1, -0.05) is 33.1 Å². The second kappa shape index (κ2) is 11.7. The van der Waals surface area contributed by atoms with Gasteiger partial charge in [-0.25, -0.2) is 0 Å². The molecule has 0 aromatic carbocycles. The first kappa shape index (κ1) is 18.9. The summed E-state index contributed by atoms with van der Waals surface area (Å²) in [5.74, 6) is 0.780. The molecule has 1 N–H and O–H groups in total. The van der Waals surface area contributed by atoms with Crippen molar-refractivity contribution in [3.63, 3.8) is 0 Å². The smallest absolute Gasteiger partial charge is 0.0494 e. The van der Waals surface area contributed by atoms with Crippen LogP contribution in [0, 0.1) is 5.92 Å². The van der Waals surface area contributed by atoms with Crippen molar-refractivity contribution in [3.05, 3.63) is 0 Å². The van der Waals surface area contributed by atoms with Gasteiger partial charge in [0.05, 0.1) is 0 Å². The maximum atomic E-state index is 5.81. The quantitative estimate of drug-likeness (QED) is 0.516. The molecular formula is C17H37NO. The van der Waals surface area contributed by atoms with Crippen LogP contribution in [0.3, 0.4) is 0 Å². The van der Waals surface area contributed by atoms with Crippen molar-refractivity contribution < 1.29 is 4.74 Å². The highest BCUT2D eigenvalue weighted by Crippen LogP contribution is 2.13. The average Bonchev–Trinajstić information content (AvgIpc) is 2.35. The molecule has 2 nitrogen and oxygen atoms in total. The SMILES string of the molecule is CCCCC(CC)COCCCCCNC(C)(C)C. The molecule has 0 aliphatic carbocycles. The topological polar surface area (TPSA) is 21.3 Å². The van der Waals surface area contributed by atoms with E-state index in [1.807, 2.05) is 0 Å². The zero-order chi connectivity index (χ0) is 14.6. The van der Waals surface area contributed by atoms with E-state index in [4.69, 9.17) is 4.74 Å². The lowest BCUT2D eigenvalue weighted by Crippen LogP contribution is -2.36. The van der Waals surface area contributed by atoms with E-state index in [1.165, 1.54) is 44.9 Å². The van der Waals surface area contributed by atoms with Gasteiger partial charge in [0.1, 0.15) is 0 Å². The Bertz CT molecular complexity index is 186. The number of hydrogen-bond acceptors (Lipinski definition) is 2. The summed E-state index contributed by atoms with van der Waals surface area (Å²) in [6, 6.07) is 0. The van der Waals surface area contributed by atoms with E-state index in [9.17, 15) is 0 Å². The molecule has 0 aromatic heterocycles. The Kier molecular flexibility index (Phi) is 11.7. The maximum Gasteiger partial charge on any atom is 0.0494 e.